The van der Waals surface area contributed by atoms with Gasteiger partial charge in [-0.1, -0.05) is 62.1 Å². The summed E-state index contributed by atoms with van der Waals surface area (Å²) in [5, 5.41) is 13.0. The zero-order chi connectivity index (χ0) is 34.2. The van der Waals surface area contributed by atoms with Gasteiger partial charge < -0.3 is 34.2 Å². The van der Waals surface area contributed by atoms with Gasteiger partial charge in [-0.25, -0.2) is 4.79 Å². The van der Waals surface area contributed by atoms with Gasteiger partial charge >= 0.3 is 5.97 Å². The highest BCUT2D eigenvalue weighted by Crippen LogP contribution is 2.33. The Morgan fingerprint density at radius 1 is 1.13 bits per heavy atom. The molecule has 1 aromatic heterocycles. The standard InChI is InChI=1S/C39H53N3O5/c1-7-9-11-16-36-37(31(5)47-27-32-14-12-10-13-15-32)34(26-42(36)30(3)4)25-40-22-21-39(8-2,29-46-24-23-43)28-41(6)35-19-17-33(18-20-35)38(44)45/h7,9-15,17-20,23,26,30-31,40H,1,8,16,21-22,24-25,27-29H2,2-6H3,(H,44,45)/b11-9-. The smallest absolute Gasteiger partial charge is 0.335 e. The van der Waals surface area contributed by atoms with Gasteiger partial charge in [-0.15, -0.1) is 0 Å². The number of hydrogen-bond acceptors (Lipinski definition) is 6. The van der Waals surface area contributed by atoms with Crippen LogP contribution in [0.5, 0.6) is 0 Å². The number of aldehydes is 1. The van der Waals surface area contributed by atoms with Crippen LogP contribution in [0.15, 0.2) is 85.6 Å². The Labute approximate surface area is 281 Å². The molecule has 0 aliphatic heterocycles. The molecule has 254 valence electrons. The topological polar surface area (TPSA) is 93.0 Å². The maximum Gasteiger partial charge on any atom is 0.335 e. The Kier molecular flexibility index (Phi) is 15.1. The van der Waals surface area contributed by atoms with Crippen molar-refractivity contribution in [2.45, 2.75) is 72.3 Å². The highest BCUT2D eigenvalue weighted by atomic mass is 16.5. The second-order valence-corrected chi connectivity index (χ2v) is 12.5. The van der Waals surface area contributed by atoms with E-state index < -0.39 is 5.97 Å². The zero-order valence-corrected chi connectivity index (χ0v) is 28.8. The fraction of sp³-hybridized carbons (Fsp3) is 0.436. The fourth-order valence-corrected chi connectivity index (χ4v) is 6.05. The molecule has 2 unspecified atom stereocenters. The van der Waals surface area contributed by atoms with Crippen LogP contribution in [0.25, 0.3) is 0 Å². The van der Waals surface area contributed by atoms with Gasteiger partial charge in [-0.05, 0) is 75.5 Å². The molecule has 0 radical (unpaired) electrons. The van der Waals surface area contributed by atoms with Crippen molar-refractivity contribution in [3.05, 3.63) is 114 Å². The molecule has 0 spiro atoms. The summed E-state index contributed by atoms with van der Waals surface area (Å²) in [6.07, 6.45) is 11.4. The molecule has 47 heavy (non-hydrogen) atoms. The summed E-state index contributed by atoms with van der Waals surface area (Å²) in [5.74, 6) is -0.945. The number of benzene rings is 2. The van der Waals surface area contributed by atoms with Crippen LogP contribution < -0.4 is 10.2 Å². The number of rotatable bonds is 22. The van der Waals surface area contributed by atoms with E-state index in [0.717, 1.165) is 43.3 Å². The maximum atomic E-state index is 11.3. The molecule has 0 saturated carbocycles. The van der Waals surface area contributed by atoms with Gasteiger partial charge in [0.2, 0.25) is 0 Å². The lowest BCUT2D eigenvalue weighted by atomic mass is 9.81. The van der Waals surface area contributed by atoms with Crippen LogP contribution >= 0.6 is 0 Å². The summed E-state index contributed by atoms with van der Waals surface area (Å²) < 4.78 is 14.6. The number of aromatic carboxylic acids is 1. The lowest BCUT2D eigenvalue weighted by Gasteiger charge is -2.37. The second-order valence-electron chi connectivity index (χ2n) is 12.5. The van der Waals surface area contributed by atoms with Gasteiger partial charge in [-0.2, -0.15) is 0 Å². The molecule has 8 nitrogen and oxygen atoms in total. The number of allylic oxidation sites excluding steroid dienone is 3. The van der Waals surface area contributed by atoms with Crippen molar-refractivity contribution in [2.75, 3.05) is 38.3 Å². The van der Waals surface area contributed by atoms with E-state index >= 15 is 0 Å². The number of carboxylic acid groups (broad SMARTS) is 1. The summed E-state index contributed by atoms with van der Waals surface area (Å²) in [6.45, 7) is 15.7. The third-order valence-corrected chi connectivity index (χ3v) is 8.77. The first-order valence-corrected chi connectivity index (χ1v) is 16.6. The third-order valence-electron chi connectivity index (χ3n) is 8.77. The van der Waals surface area contributed by atoms with Crippen LogP contribution in [-0.4, -0.2) is 55.3 Å². The van der Waals surface area contributed by atoms with Gasteiger partial charge in [0.05, 0.1) is 24.9 Å². The number of aromatic nitrogens is 1. The first-order chi connectivity index (χ1) is 22.6. The van der Waals surface area contributed by atoms with Crippen LogP contribution in [0.1, 0.15) is 85.4 Å². The lowest BCUT2D eigenvalue weighted by Crippen LogP contribution is -2.41. The van der Waals surface area contributed by atoms with Crippen LogP contribution in [0.4, 0.5) is 5.69 Å². The highest BCUT2D eigenvalue weighted by Gasteiger charge is 2.30. The van der Waals surface area contributed by atoms with E-state index in [2.05, 4.69) is 73.5 Å². The first-order valence-electron chi connectivity index (χ1n) is 16.6. The van der Waals surface area contributed by atoms with E-state index in [4.69, 9.17) is 9.47 Å². The van der Waals surface area contributed by atoms with E-state index in [9.17, 15) is 14.7 Å². The normalized spacial score (nSPS) is 13.5. The van der Waals surface area contributed by atoms with E-state index in [-0.39, 0.29) is 23.7 Å². The molecule has 2 N–H and O–H groups in total. The Hall–Kier alpha value is -3.98. The van der Waals surface area contributed by atoms with Crippen molar-refractivity contribution in [2.24, 2.45) is 5.41 Å². The van der Waals surface area contributed by atoms with Crippen molar-refractivity contribution < 1.29 is 24.2 Å². The zero-order valence-electron chi connectivity index (χ0n) is 28.8. The predicted octanol–water partition coefficient (Wildman–Crippen LogP) is 7.56. The van der Waals surface area contributed by atoms with E-state index in [0.29, 0.717) is 32.3 Å². The summed E-state index contributed by atoms with van der Waals surface area (Å²) in [5.41, 5.74) is 5.79. The molecule has 0 aliphatic carbocycles. The van der Waals surface area contributed by atoms with Crippen LogP contribution in [0.3, 0.4) is 0 Å². The van der Waals surface area contributed by atoms with Gasteiger partial charge in [0.1, 0.15) is 12.9 Å². The van der Waals surface area contributed by atoms with Crippen molar-refractivity contribution in [3.8, 4) is 0 Å². The molecular formula is C39H53N3O5. The van der Waals surface area contributed by atoms with Crippen molar-refractivity contribution in [1.29, 1.82) is 0 Å². The molecule has 8 heteroatoms. The number of nitrogens with one attached hydrogen (secondary N) is 1. The molecule has 0 aliphatic rings. The summed E-state index contributed by atoms with van der Waals surface area (Å²) >= 11 is 0. The second kappa shape index (κ2) is 19.0. The SMILES string of the molecule is C=C/C=C\Cc1c(C(C)OCc2ccccc2)c(CNCCC(CC)(COCC=O)CN(C)c2ccc(C(=O)O)cc2)cn1C(C)C. The van der Waals surface area contributed by atoms with E-state index in [1.54, 1.807) is 18.2 Å². The Bertz CT molecular complexity index is 1430. The summed E-state index contributed by atoms with van der Waals surface area (Å²) in [4.78, 5) is 24.6. The molecule has 3 aromatic rings. The molecule has 2 aromatic carbocycles. The van der Waals surface area contributed by atoms with E-state index in [1.807, 2.05) is 43.5 Å². The van der Waals surface area contributed by atoms with Gasteiger partial charge in [-0.3, -0.25) is 0 Å². The highest BCUT2D eigenvalue weighted by molar-refractivity contribution is 5.88. The van der Waals surface area contributed by atoms with Crippen LogP contribution in [0.2, 0.25) is 0 Å². The lowest BCUT2D eigenvalue weighted by molar-refractivity contribution is -0.113. The molecule has 1 heterocycles. The summed E-state index contributed by atoms with van der Waals surface area (Å²) in [6, 6.07) is 17.5. The number of carbonyl (C=O) groups is 2. The molecule has 3 rings (SSSR count). The number of nitrogens with zero attached hydrogens (tertiary/aromatic N) is 2. The van der Waals surface area contributed by atoms with Crippen molar-refractivity contribution in [3.63, 3.8) is 0 Å². The number of ether oxygens (including phenoxy) is 2. The number of hydrogen-bond donors (Lipinski definition) is 2. The minimum absolute atomic E-state index is 0.0578. The van der Waals surface area contributed by atoms with E-state index in [1.165, 1.54) is 16.8 Å². The molecule has 2 atom stereocenters. The molecule has 0 bridgehead atoms. The maximum absolute atomic E-state index is 11.3. The fourth-order valence-electron chi connectivity index (χ4n) is 6.05. The minimum Gasteiger partial charge on any atom is -0.478 e. The molecule has 0 amide bonds. The number of carbonyl (C=O) groups excluding carboxylic acids is 1. The molecule has 0 saturated heterocycles. The number of carboxylic acids is 1. The Balaban J connectivity index is 1.79. The Morgan fingerprint density at radius 3 is 2.47 bits per heavy atom. The van der Waals surface area contributed by atoms with Crippen molar-refractivity contribution >= 4 is 17.9 Å². The minimum atomic E-state index is -0.945. The largest absolute Gasteiger partial charge is 0.478 e. The van der Waals surface area contributed by atoms with Gasteiger partial charge in [0, 0.05) is 61.2 Å². The molecule has 0 fully saturated rings. The average Bonchev–Trinajstić information content (AvgIpc) is 3.44. The van der Waals surface area contributed by atoms with Gasteiger partial charge in [0.25, 0.3) is 0 Å². The van der Waals surface area contributed by atoms with Gasteiger partial charge in [0.15, 0.2) is 0 Å². The average molecular weight is 644 g/mol. The predicted molar refractivity (Wildman–Crippen MR) is 190 cm³/mol. The first kappa shape index (κ1) is 37.5. The van der Waals surface area contributed by atoms with Crippen LogP contribution in [-0.2, 0) is 33.8 Å². The number of anilines is 1. The van der Waals surface area contributed by atoms with Crippen molar-refractivity contribution in [1.82, 2.24) is 9.88 Å². The molecular weight excluding hydrogens is 590 g/mol. The van der Waals surface area contributed by atoms with Crippen LogP contribution in [0, 0.1) is 5.41 Å². The third kappa shape index (κ3) is 11.1. The summed E-state index contributed by atoms with van der Waals surface area (Å²) in [7, 11) is 2.01. The monoisotopic (exact) mass is 643 g/mol. The quantitative estimate of drug-likeness (QED) is 0.0663. The Morgan fingerprint density at radius 2 is 1.85 bits per heavy atom.